The molecule has 3 atom stereocenters. The van der Waals surface area contributed by atoms with Gasteiger partial charge in [-0.05, 0) is 43.8 Å². The first-order valence-corrected chi connectivity index (χ1v) is 9.71. The molecule has 1 aromatic heterocycles. The standard InChI is InChI=1S/C21H26N4/c1-2-17-12-19(23-14-22-17)25-13-18(15-6-4-3-5-7-15)21-20(25)16-8-10-24(21)11-9-16/h3-7,12,14,16,18,20-21H,2,8-11,13H2,1H3/t18-,20-,21-/m1/s1. The van der Waals surface area contributed by atoms with Crippen molar-refractivity contribution < 1.29 is 0 Å². The molecule has 0 unspecified atom stereocenters. The van der Waals surface area contributed by atoms with Crippen molar-refractivity contribution in [1.82, 2.24) is 14.9 Å². The average molecular weight is 334 g/mol. The van der Waals surface area contributed by atoms with Gasteiger partial charge in [0.15, 0.2) is 0 Å². The van der Waals surface area contributed by atoms with Gasteiger partial charge < -0.3 is 4.90 Å². The molecule has 0 spiro atoms. The second-order valence-corrected chi connectivity index (χ2v) is 7.75. The van der Waals surface area contributed by atoms with Crippen LogP contribution in [-0.4, -0.2) is 46.6 Å². The van der Waals surface area contributed by atoms with Gasteiger partial charge >= 0.3 is 0 Å². The van der Waals surface area contributed by atoms with Crippen molar-refractivity contribution in [1.29, 1.82) is 0 Å². The van der Waals surface area contributed by atoms with Gasteiger partial charge in [-0.1, -0.05) is 37.3 Å². The van der Waals surface area contributed by atoms with Crippen molar-refractivity contribution in [2.24, 2.45) is 5.92 Å². The second kappa shape index (κ2) is 6.10. The number of hydrogen-bond acceptors (Lipinski definition) is 4. The molecule has 4 heteroatoms. The van der Waals surface area contributed by atoms with E-state index in [0.717, 1.165) is 30.4 Å². The first kappa shape index (κ1) is 15.3. The minimum atomic E-state index is 0.578. The monoisotopic (exact) mass is 334 g/mol. The summed E-state index contributed by atoms with van der Waals surface area (Å²) in [6, 6.07) is 14.6. The molecule has 4 fully saturated rings. The summed E-state index contributed by atoms with van der Waals surface area (Å²) in [6.45, 7) is 5.78. The Morgan fingerprint density at radius 3 is 2.60 bits per heavy atom. The first-order chi connectivity index (χ1) is 12.3. The van der Waals surface area contributed by atoms with E-state index >= 15 is 0 Å². The fourth-order valence-electron chi connectivity index (χ4n) is 5.41. The fraction of sp³-hybridized carbons (Fsp3) is 0.524. The van der Waals surface area contributed by atoms with Crippen LogP contribution in [0.3, 0.4) is 0 Å². The Morgan fingerprint density at radius 1 is 1.04 bits per heavy atom. The quantitative estimate of drug-likeness (QED) is 0.863. The van der Waals surface area contributed by atoms with E-state index in [0.29, 0.717) is 18.0 Å². The molecule has 2 bridgehead atoms. The van der Waals surface area contributed by atoms with Crippen LogP contribution in [0.5, 0.6) is 0 Å². The summed E-state index contributed by atoms with van der Waals surface area (Å²) in [5.41, 5.74) is 2.63. The highest BCUT2D eigenvalue weighted by Gasteiger charge is 2.53. The number of aromatic nitrogens is 2. The molecule has 130 valence electrons. The van der Waals surface area contributed by atoms with E-state index in [-0.39, 0.29) is 0 Å². The third-order valence-electron chi connectivity index (χ3n) is 6.59. The van der Waals surface area contributed by atoms with Crippen LogP contribution in [0.25, 0.3) is 0 Å². The molecule has 1 aromatic carbocycles. The van der Waals surface area contributed by atoms with E-state index in [4.69, 9.17) is 0 Å². The van der Waals surface area contributed by atoms with E-state index in [1.165, 1.54) is 31.5 Å². The largest absolute Gasteiger partial charge is 0.351 e. The molecule has 25 heavy (non-hydrogen) atoms. The van der Waals surface area contributed by atoms with E-state index in [9.17, 15) is 0 Å². The van der Waals surface area contributed by atoms with Gasteiger partial charge in [0.2, 0.25) is 0 Å². The molecule has 4 aliphatic heterocycles. The molecule has 4 nitrogen and oxygen atoms in total. The number of benzene rings is 1. The highest BCUT2D eigenvalue weighted by atomic mass is 15.3. The van der Waals surface area contributed by atoms with Gasteiger partial charge in [0.25, 0.3) is 0 Å². The smallest absolute Gasteiger partial charge is 0.132 e. The number of rotatable bonds is 3. The summed E-state index contributed by atoms with van der Waals surface area (Å²) in [5, 5.41) is 0. The Kier molecular flexibility index (Phi) is 3.74. The summed E-state index contributed by atoms with van der Waals surface area (Å²) < 4.78 is 0. The van der Waals surface area contributed by atoms with Gasteiger partial charge in [-0.2, -0.15) is 0 Å². The zero-order chi connectivity index (χ0) is 16.8. The van der Waals surface area contributed by atoms with Crippen LogP contribution in [-0.2, 0) is 6.42 Å². The number of aryl methyl sites for hydroxylation is 1. The van der Waals surface area contributed by atoms with Crippen LogP contribution in [0.2, 0.25) is 0 Å². The number of fused-ring (bicyclic) bond motifs is 2. The Balaban J connectivity index is 1.56. The van der Waals surface area contributed by atoms with Crippen molar-refractivity contribution in [2.45, 2.75) is 44.2 Å². The van der Waals surface area contributed by atoms with Crippen molar-refractivity contribution in [3.63, 3.8) is 0 Å². The molecule has 4 aliphatic rings. The van der Waals surface area contributed by atoms with Crippen LogP contribution in [0.1, 0.15) is 36.9 Å². The summed E-state index contributed by atoms with van der Waals surface area (Å²) in [4.78, 5) is 14.4. The van der Waals surface area contributed by atoms with E-state index in [2.05, 4.69) is 63.1 Å². The van der Waals surface area contributed by atoms with E-state index < -0.39 is 0 Å². The molecule has 0 N–H and O–H groups in total. The minimum absolute atomic E-state index is 0.578. The Morgan fingerprint density at radius 2 is 1.84 bits per heavy atom. The predicted octanol–water partition coefficient (Wildman–Crippen LogP) is 3.11. The lowest BCUT2D eigenvalue weighted by Crippen LogP contribution is -2.60. The highest BCUT2D eigenvalue weighted by molar-refractivity contribution is 5.47. The average Bonchev–Trinajstić information content (AvgIpc) is 3.12. The Bertz CT molecular complexity index is 739. The van der Waals surface area contributed by atoms with Crippen LogP contribution in [0.15, 0.2) is 42.7 Å². The fourth-order valence-corrected chi connectivity index (χ4v) is 5.41. The Hall–Kier alpha value is -1.94. The molecule has 0 radical (unpaired) electrons. The van der Waals surface area contributed by atoms with Gasteiger partial charge in [-0.25, -0.2) is 9.97 Å². The number of nitrogens with zero attached hydrogens (tertiary/aromatic N) is 4. The third kappa shape index (κ3) is 2.46. The topological polar surface area (TPSA) is 32.3 Å². The Labute approximate surface area is 149 Å². The second-order valence-electron chi connectivity index (χ2n) is 7.75. The molecule has 2 aromatic rings. The molecule has 0 aliphatic carbocycles. The van der Waals surface area contributed by atoms with Crippen molar-refractivity contribution >= 4 is 5.82 Å². The molecule has 0 amide bonds. The van der Waals surface area contributed by atoms with Gasteiger partial charge in [0.1, 0.15) is 12.1 Å². The molecule has 5 heterocycles. The number of anilines is 1. The van der Waals surface area contributed by atoms with E-state index in [1.807, 2.05) is 0 Å². The summed E-state index contributed by atoms with van der Waals surface area (Å²) in [5.74, 6) is 2.52. The highest BCUT2D eigenvalue weighted by Crippen LogP contribution is 2.47. The number of hydrogen-bond donors (Lipinski definition) is 0. The van der Waals surface area contributed by atoms with Crippen LogP contribution < -0.4 is 4.90 Å². The van der Waals surface area contributed by atoms with Crippen molar-refractivity contribution in [3.8, 4) is 0 Å². The summed E-state index contributed by atoms with van der Waals surface area (Å²) >= 11 is 0. The van der Waals surface area contributed by atoms with Crippen LogP contribution in [0.4, 0.5) is 5.82 Å². The maximum Gasteiger partial charge on any atom is 0.132 e. The predicted molar refractivity (Wildman–Crippen MR) is 99.8 cm³/mol. The lowest BCUT2D eigenvalue weighted by atomic mass is 9.75. The van der Waals surface area contributed by atoms with E-state index in [1.54, 1.807) is 6.33 Å². The zero-order valence-corrected chi connectivity index (χ0v) is 14.9. The van der Waals surface area contributed by atoms with Gasteiger partial charge in [-0.15, -0.1) is 0 Å². The van der Waals surface area contributed by atoms with Gasteiger partial charge in [-0.3, -0.25) is 4.90 Å². The molecule has 0 saturated carbocycles. The zero-order valence-electron chi connectivity index (χ0n) is 14.9. The first-order valence-electron chi connectivity index (χ1n) is 9.71. The molecule has 4 saturated heterocycles. The third-order valence-corrected chi connectivity index (χ3v) is 6.59. The van der Waals surface area contributed by atoms with Gasteiger partial charge in [0.05, 0.1) is 0 Å². The minimum Gasteiger partial charge on any atom is -0.351 e. The summed E-state index contributed by atoms with van der Waals surface area (Å²) in [6.07, 6.45) is 5.39. The SMILES string of the molecule is CCc1cc(N2C[C@H](c3ccccc3)[C@@H]3[C@H]2C2CCN3CC2)ncn1. The lowest BCUT2D eigenvalue weighted by Gasteiger charge is -2.51. The van der Waals surface area contributed by atoms with Crippen molar-refractivity contribution in [3.05, 3.63) is 54.0 Å². The molecular weight excluding hydrogens is 308 g/mol. The van der Waals surface area contributed by atoms with Crippen LogP contribution >= 0.6 is 0 Å². The summed E-state index contributed by atoms with van der Waals surface area (Å²) in [7, 11) is 0. The molecule has 6 rings (SSSR count). The van der Waals surface area contributed by atoms with Gasteiger partial charge in [0, 0.05) is 36.3 Å². The lowest BCUT2D eigenvalue weighted by molar-refractivity contribution is 0.0354. The van der Waals surface area contributed by atoms with Crippen molar-refractivity contribution in [2.75, 3.05) is 24.5 Å². The normalized spacial score (nSPS) is 33.5. The number of piperidine rings is 3. The van der Waals surface area contributed by atoms with Crippen LogP contribution in [0, 0.1) is 5.92 Å². The molecular formula is C21H26N4. The maximum absolute atomic E-state index is 4.67. The maximum atomic E-state index is 4.67.